The molecule has 4 heteroatoms. The Morgan fingerprint density at radius 3 is 2.88 bits per heavy atom. The van der Waals surface area contributed by atoms with E-state index in [4.69, 9.17) is 9.15 Å². The van der Waals surface area contributed by atoms with Crippen LogP contribution in [0.4, 0.5) is 0 Å². The third-order valence-electron chi connectivity index (χ3n) is 2.24. The second-order valence-electron chi connectivity index (χ2n) is 3.46. The van der Waals surface area contributed by atoms with Gasteiger partial charge in [-0.2, -0.15) is 0 Å². The first-order valence-corrected chi connectivity index (χ1v) is 5.77. The van der Waals surface area contributed by atoms with Crippen molar-refractivity contribution in [2.24, 2.45) is 0 Å². The summed E-state index contributed by atoms with van der Waals surface area (Å²) < 4.78 is 10.3. The second kappa shape index (κ2) is 4.63. The van der Waals surface area contributed by atoms with Crippen molar-refractivity contribution in [1.82, 2.24) is 0 Å². The highest BCUT2D eigenvalue weighted by Crippen LogP contribution is 2.21. The van der Waals surface area contributed by atoms with E-state index < -0.39 is 0 Å². The quantitative estimate of drug-likeness (QED) is 0.766. The Hall–Kier alpha value is -1.39. The molecule has 0 unspecified atom stereocenters. The van der Waals surface area contributed by atoms with E-state index in [0.717, 1.165) is 10.4 Å². The van der Waals surface area contributed by atoms with Gasteiger partial charge in [-0.15, -0.1) is 11.3 Å². The van der Waals surface area contributed by atoms with E-state index in [0.29, 0.717) is 18.1 Å². The van der Waals surface area contributed by atoms with Crippen LogP contribution in [0, 0.1) is 6.92 Å². The maximum atomic E-state index is 12.0. The van der Waals surface area contributed by atoms with E-state index in [2.05, 4.69) is 0 Å². The van der Waals surface area contributed by atoms with E-state index >= 15 is 0 Å². The van der Waals surface area contributed by atoms with Crippen LogP contribution in [0.1, 0.15) is 26.8 Å². The molecule has 0 aliphatic rings. The van der Waals surface area contributed by atoms with Crippen LogP contribution in [0.5, 0.6) is 0 Å². The fraction of sp³-hybridized carbons (Fsp3) is 0.250. The van der Waals surface area contributed by atoms with Crippen molar-refractivity contribution in [3.05, 3.63) is 45.5 Å². The summed E-state index contributed by atoms with van der Waals surface area (Å²) in [5, 5.41) is 1.90. The number of ether oxygens (including phenoxy) is 1. The largest absolute Gasteiger partial charge is 0.455 e. The summed E-state index contributed by atoms with van der Waals surface area (Å²) in [5.74, 6) is 0.979. The lowest BCUT2D eigenvalue weighted by Crippen LogP contribution is -1.98. The van der Waals surface area contributed by atoms with Gasteiger partial charge in [0.2, 0.25) is 5.78 Å². The van der Waals surface area contributed by atoms with Crippen molar-refractivity contribution >= 4 is 17.1 Å². The third-order valence-corrected chi connectivity index (χ3v) is 3.26. The molecular formula is C12H12O3S. The summed E-state index contributed by atoms with van der Waals surface area (Å²) in [6.45, 7) is 2.31. The smallest absolute Gasteiger partial charge is 0.238 e. The van der Waals surface area contributed by atoms with Crippen LogP contribution in [0.25, 0.3) is 0 Å². The van der Waals surface area contributed by atoms with Gasteiger partial charge < -0.3 is 9.15 Å². The van der Waals surface area contributed by atoms with E-state index in [-0.39, 0.29) is 5.78 Å². The van der Waals surface area contributed by atoms with Crippen LogP contribution in [0.3, 0.4) is 0 Å². The fourth-order valence-corrected chi connectivity index (χ4v) is 2.31. The third kappa shape index (κ3) is 2.08. The number of carbonyl (C=O) groups excluding carboxylic acids is 1. The molecule has 0 fully saturated rings. The number of thiophene rings is 1. The molecule has 0 aliphatic carbocycles. The summed E-state index contributed by atoms with van der Waals surface area (Å²) in [4.78, 5) is 12.8. The SMILES string of the molecule is COCc1ccc(C(=O)c2sccc2C)o1. The molecule has 16 heavy (non-hydrogen) atoms. The molecule has 0 atom stereocenters. The van der Waals surface area contributed by atoms with Crippen molar-refractivity contribution < 1.29 is 13.9 Å². The highest BCUT2D eigenvalue weighted by Gasteiger charge is 2.16. The van der Waals surface area contributed by atoms with Gasteiger partial charge in [0.1, 0.15) is 12.4 Å². The van der Waals surface area contributed by atoms with Crippen molar-refractivity contribution in [3.63, 3.8) is 0 Å². The minimum atomic E-state index is -0.0603. The molecule has 0 radical (unpaired) electrons. The first kappa shape index (κ1) is 11.1. The molecule has 0 aromatic carbocycles. The molecule has 2 rings (SSSR count). The second-order valence-corrected chi connectivity index (χ2v) is 4.38. The lowest BCUT2D eigenvalue weighted by Gasteiger charge is -1.96. The first-order valence-electron chi connectivity index (χ1n) is 4.89. The molecule has 0 N–H and O–H groups in total. The number of methoxy groups -OCH3 is 1. The first-order chi connectivity index (χ1) is 7.72. The van der Waals surface area contributed by atoms with E-state index in [9.17, 15) is 4.79 Å². The molecular weight excluding hydrogens is 224 g/mol. The molecule has 0 saturated heterocycles. The average molecular weight is 236 g/mol. The Bertz CT molecular complexity index is 496. The van der Waals surface area contributed by atoms with Crippen LogP contribution >= 0.6 is 11.3 Å². The maximum Gasteiger partial charge on any atom is 0.238 e. The lowest BCUT2D eigenvalue weighted by molar-refractivity contribution is 0.100. The van der Waals surface area contributed by atoms with Crippen LogP contribution in [-0.2, 0) is 11.3 Å². The molecule has 0 aliphatic heterocycles. The molecule has 0 bridgehead atoms. The summed E-state index contributed by atoms with van der Waals surface area (Å²) in [5.41, 5.74) is 0.986. The molecule has 2 aromatic rings. The van der Waals surface area contributed by atoms with Crippen molar-refractivity contribution in [2.75, 3.05) is 7.11 Å². The van der Waals surface area contributed by atoms with Gasteiger partial charge in [-0.05, 0) is 36.1 Å². The van der Waals surface area contributed by atoms with Gasteiger partial charge in [0.15, 0.2) is 5.76 Å². The number of rotatable bonds is 4. The molecule has 3 nitrogen and oxygen atoms in total. The van der Waals surface area contributed by atoms with Crippen LogP contribution in [0.15, 0.2) is 28.0 Å². The number of carbonyl (C=O) groups is 1. The summed E-state index contributed by atoms with van der Waals surface area (Å²) >= 11 is 1.43. The Morgan fingerprint density at radius 1 is 1.44 bits per heavy atom. The number of hydrogen-bond acceptors (Lipinski definition) is 4. The monoisotopic (exact) mass is 236 g/mol. The van der Waals surface area contributed by atoms with Crippen molar-refractivity contribution in [1.29, 1.82) is 0 Å². The fourth-order valence-electron chi connectivity index (χ4n) is 1.44. The molecule has 0 spiro atoms. The minimum Gasteiger partial charge on any atom is -0.455 e. The standard InChI is InChI=1S/C12H12O3S/c1-8-5-6-16-12(8)11(13)10-4-3-9(15-10)7-14-2/h3-6H,7H2,1-2H3. The number of aryl methyl sites for hydroxylation is 1. The zero-order chi connectivity index (χ0) is 11.5. The van der Waals surface area contributed by atoms with Gasteiger partial charge in [0.05, 0.1) is 4.88 Å². The number of ketones is 1. The zero-order valence-electron chi connectivity index (χ0n) is 9.15. The molecule has 84 valence electrons. The van der Waals surface area contributed by atoms with Gasteiger partial charge in [-0.25, -0.2) is 0 Å². The van der Waals surface area contributed by atoms with Gasteiger partial charge in [0, 0.05) is 7.11 Å². The molecule has 2 aromatic heterocycles. The lowest BCUT2D eigenvalue weighted by atomic mass is 10.2. The highest BCUT2D eigenvalue weighted by molar-refractivity contribution is 7.12. The van der Waals surface area contributed by atoms with Crippen molar-refractivity contribution in [3.8, 4) is 0 Å². The molecule has 2 heterocycles. The Labute approximate surface area is 97.7 Å². The number of hydrogen-bond donors (Lipinski definition) is 0. The zero-order valence-corrected chi connectivity index (χ0v) is 9.97. The Balaban J connectivity index is 2.24. The molecule has 0 saturated carbocycles. The normalized spacial score (nSPS) is 10.6. The topological polar surface area (TPSA) is 39.4 Å². The van der Waals surface area contributed by atoms with E-state index in [1.54, 1.807) is 19.2 Å². The van der Waals surface area contributed by atoms with Crippen LogP contribution < -0.4 is 0 Å². The summed E-state index contributed by atoms with van der Waals surface area (Å²) in [7, 11) is 1.59. The van der Waals surface area contributed by atoms with E-state index in [1.807, 2.05) is 18.4 Å². The average Bonchev–Trinajstić information content (AvgIpc) is 2.87. The predicted molar refractivity (Wildman–Crippen MR) is 61.9 cm³/mol. The summed E-state index contributed by atoms with van der Waals surface area (Å²) in [6, 6.07) is 5.38. The minimum absolute atomic E-state index is 0.0603. The van der Waals surface area contributed by atoms with E-state index in [1.165, 1.54) is 11.3 Å². The predicted octanol–water partition coefficient (Wildman–Crippen LogP) is 3.03. The Kier molecular flexibility index (Phi) is 3.22. The Morgan fingerprint density at radius 2 is 2.25 bits per heavy atom. The van der Waals surface area contributed by atoms with Gasteiger partial charge in [-0.3, -0.25) is 4.79 Å². The highest BCUT2D eigenvalue weighted by atomic mass is 32.1. The van der Waals surface area contributed by atoms with Gasteiger partial charge >= 0.3 is 0 Å². The maximum absolute atomic E-state index is 12.0. The van der Waals surface area contributed by atoms with Crippen LogP contribution in [0.2, 0.25) is 0 Å². The van der Waals surface area contributed by atoms with Gasteiger partial charge in [0.25, 0.3) is 0 Å². The van der Waals surface area contributed by atoms with Crippen molar-refractivity contribution in [2.45, 2.75) is 13.5 Å². The summed E-state index contributed by atoms with van der Waals surface area (Å²) in [6.07, 6.45) is 0. The van der Waals surface area contributed by atoms with Gasteiger partial charge in [-0.1, -0.05) is 0 Å². The van der Waals surface area contributed by atoms with Crippen LogP contribution in [-0.4, -0.2) is 12.9 Å². The molecule has 0 amide bonds. The number of furan rings is 1.